The highest BCUT2D eigenvalue weighted by atomic mass is 19.4. The first-order valence-electron chi connectivity index (χ1n) is 6.41. The number of nitrogens with zero attached hydrogens (tertiary/aromatic N) is 2. The first-order valence-corrected chi connectivity index (χ1v) is 6.41. The van der Waals surface area contributed by atoms with Gasteiger partial charge in [0, 0.05) is 12.4 Å². The molecule has 1 aliphatic rings. The van der Waals surface area contributed by atoms with Crippen LogP contribution in [0.4, 0.5) is 13.2 Å². The number of nitrogens with one attached hydrogen (secondary N) is 2. The van der Waals surface area contributed by atoms with Gasteiger partial charge in [-0.1, -0.05) is 6.92 Å². The molecule has 1 aromatic heterocycles. The molecule has 2 N–H and O–H groups in total. The number of aromatic nitrogens is 1. The Morgan fingerprint density at radius 1 is 1.45 bits per heavy atom. The van der Waals surface area contributed by atoms with Crippen LogP contribution in [0.3, 0.4) is 0 Å². The fraction of sp³-hybridized carbons (Fsp3) is 0.385. The third-order valence-corrected chi connectivity index (χ3v) is 3.40. The highest BCUT2D eigenvalue weighted by molar-refractivity contribution is 6.13. The number of pyridine rings is 1. The van der Waals surface area contributed by atoms with Crippen molar-refractivity contribution in [3.8, 4) is 0 Å². The molecule has 1 aliphatic heterocycles. The summed E-state index contributed by atoms with van der Waals surface area (Å²) in [5.41, 5.74) is -2.75. The van der Waals surface area contributed by atoms with Gasteiger partial charge in [0.05, 0.1) is 11.1 Å². The predicted octanol–water partition coefficient (Wildman–Crippen LogP) is 1.48. The fourth-order valence-electron chi connectivity index (χ4n) is 1.87. The molecule has 2 amide bonds. The van der Waals surface area contributed by atoms with Crippen LogP contribution >= 0.6 is 0 Å². The summed E-state index contributed by atoms with van der Waals surface area (Å²) in [6.45, 7) is 3.35. The first kappa shape index (κ1) is 15.9. The maximum Gasteiger partial charge on any atom is 0.417 e. The Hall–Kier alpha value is -2.45. The van der Waals surface area contributed by atoms with Crippen LogP contribution in [0.25, 0.3) is 0 Å². The van der Waals surface area contributed by atoms with Gasteiger partial charge in [0.1, 0.15) is 5.54 Å². The van der Waals surface area contributed by atoms with Crippen LogP contribution in [-0.4, -0.2) is 28.3 Å². The van der Waals surface area contributed by atoms with E-state index in [1.807, 2.05) is 0 Å². The van der Waals surface area contributed by atoms with Gasteiger partial charge in [-0.15, -0.1) is 0 Å². The molecule has 1 fully saturated rings. The van der Waals surface area contributed by atoms with Crippen molar-refractivity contribution in [2.75, 3.05) is 0 Å². The van der Waals surface area contributed by atoms with Crippen LogP contribution in [0.1, 0.15) is 36.2 Å². The fourth-order valence-corrected chi connectivity index (χ4v) is 1.87. The number of amides is 2. The summed E-state index contributed by atoms with van der Waals surface area (Å²) < 4.78 is 38.5. The lowest BCUT2D eigenvalue weighted by Crippen LogP contribution is -2.43. The second kappa shape index (κ2) is 5.39. The van der Waals surface area contributed by atoms with Crippen molar-refractivity contribution in [1.29, 1.82) is 0 Å². The minimum absolute atomic E-state index is 0.170. The molecule has 0 bridgehead atoms. The average molecular weight is 314 g/mol. The monoisotopic (exact) mass is 314 g/mol. The molecule has 2 heterocycles. The molecule has 1 atom stereocenters. The molecule has 0 radical (unpaired) electrons. The van der Waals surface area contributed by atoms with Gasteiger partial charge in [-0.3, -0.25) is 19.9 Å². The Balaban J connectivity index is 2.32. The van der Waals surface area contributed by atoms with Crippen LogP contribution < -0.4 is 10.6 Å². The molecule has 1 unspecified atom stereocenters. The van der Waals surface area contributed by atoms with E-state index in [1.54, 1.807) is 13.8 Å². The second-order valence-electron chi connectivity index (χ2n) is 4.95. The van der Waals surface area contributed by atoms with Crippen LogP contribution in [0.2, 0.25) is 0 Å². The summed E-state index contributed by atoms with van der Waals surface area (Å²) in [6, 6.07) is 0.699. The number of guanidine groups is 1. The van der Waals surface area contributed by atoms with Crippen LogP contribution in [0.15, 0.2) is 23.5 Å². The molecule has 0 saturated carbocycles. The van der Waals surface area contributed by atoms with E-state index < -0.39 is 34.7 Å². The molecule has 1 saturated heterocycles. The zero-order valence-corrected chi connectivity index (χ0v) is 11.8. The largest absolute Gasteiger partial charge is 0.417 e. The number of hydrogen-bond acceptors (Lipinski definition) is 3. The minimum atomic E-state index is -4.70. The number of aliphatic imine (C=N–C) groups is 1. The van der Waals surface area contributed by atoms with E-state index in [9.17, 15) is 22.8 Å². The van der Waals surface area contributed by atoms with Crippen molar-refractivity contribution in [3.63, 3.8) is 0 Å². The summed E-state index contributed by atoms with van der Waals surface area (Å²) in [7, 11) is 0. The van der Waals surface area contributed by atoms with Crippen molar-refractivity contribution in [1.82, 2.24) is 15.6 Å². The van der Waals surface area contributed by atoms with Gasteiger partial charge in [-0.2, -0.15) is 18.2 Å². The summed E-state index contributed by atoms with van der Waals surface area (Å²) >= 11 is 0. The third kappa shape index (κ3) is 2.92. The molecule has 0 aliphatic carbocycles. The Kier molecular flexibility index (Phi) is 3.90. The maximum absolute atomic E-state index is 12.8. The van der Waals surface area contributed by atoms with Crippen molar-refractivity contribution in [3.05, 3.63) is 29.6 Å². The molecule has 9 heteroatoms. The number of rotatable bonds is 2. The molecule has 0 spiro atoms. The lowest BCUT2D eigenvalue weighted by Gasteiger charge is -2.17. The predicted molar refractivity (Wildman–Crippen MR) is 71.0 cm³/mol. The topological polar surface area (TPSA) is 83.4 Å². The highest BCUT2D eigenvalue weighted by Gasteiger charge is 2.40. The van der Waals surface area contributed by atoms with Gasteiger partial charge in [-0.25, -0.2) is 0 Å². The average Bonchev–Trinajstić information content (AvgIpc) is 2.73. The third-order valence-electron chi connectivity index (χ3n) is 3.40. The van der Waals surface area contributed by atoms with E-state index in [1.165, 1.54) is 0 Å². The molecular formula is C13H13F3N4O2. The van der Waals surface area contributed by atoms with E-state index in [0.717, 1.165) is 12.4 Å². The molecule has 1 aromatic rings. The van der Waals surface area contributed by atoms with Crippen molar-refractivity contribution < 1.29 is 22.8 Å². The van der Waals surface area contributed by atoms with E-state index in [-0.39, 0.29) is 5.96 Å². The highest BCUT2D eigenvalue weighted by Crippen LogP contribution is 2.31. The van der Waals surface area contributed by atoms with E-state index in [0.29, 0.717) is 12.5 Å². The first-order chi connectivity index (χ1) is 10.2. The van der Waals surface area contributed by atoms with Crippen molar-refractivity contribution in [2.24, 2.45) is 4.99 Å². The Morgan fingerprint density at radius 2 is 2.14 bits per heavy atom. The van der Waals surface area contributed by atoms with Crippen LogP contribution in [0.5, 0.6) is 0 Å². The van der Waals surface area contributed by atoms with Gasteiger partial charge in [0.15, 0.2) is 0 Å². The van der Waals surface area contributed by atoms with E-state index in [4.69, 9.17) is 0 Å². The summed E-state index contributed by atoms with van der Waals surface area (Å²) in [4.78, 5) is 30.7. The van der Waals surface area contributed by atoms with Gasteiger partial charge in [0.25, 0.3) is 11.8 Å². The normalized spacial score (nSPS) is 23.3. The second-order valence-corrected chi connectivity index (χ2v) is 4.95. The van der Waals surface area contributed by atoms with Gasteiger partial charge < -0.3 is 5.32 Å². The minimum Gasteiger partial charge on any atom is -0.341 e. The molecular weight excluding hydrogens is 301 g/mol. The molecule has 6 nitrogen and oxygen atoms in total. The Bertz CT molecular complexity index is 657. The Labute approximate surface area is 123 Å². The Morgan fingerprint density at radius 3 is 2.68 bits per heavy atom. The number of carbonyl (C=O) groups is 2. The maximum atomic E-state index is 12.8. The smallest absolute Gasteiger partial charge is 0.341 e. The number of alkyl halides is 3. The summed E-state index contributed by atoms with van der Waals surface area (Å²) in [5, 5.41) is 5.02. The standard InChI is InChI=1S/C13H13F3N4O2/c1-3-12(2)10(22)19-11(20-12)18-9(21)7-6-17-5-4-8(7)13(14,15)16/h4-6H,3H2,1-2H3,(H2,18,19,20,21,22). The SMILES string of the molecule is CCC1(C)N/C(=N/C(=O)c2cnccc2C(F)(F)F)NC1=O. The molecule has 0 aromatic carbocycles. The number of carbonyl (C=O) groups excluding carboxylic acids is 2. The molecule has 22 heavy (non-hydrogen) atoms. The lowest BCUT2D eigenvalue weighted by atomic mass is 10.0. The summed E-state index contributed by atoms with van der Waals surface area (Å²) in [6.07, 6.45) is -2.54. The molecule has 118 valence electrons. The van der Waals surface area contributed by atoms with E-state index in [2.05, 4.69) is 20.6 Å². The van der Waals surface area contributed by atoms with Gasteiger partial charge >= 0.3 is 6.18 Å². The quantitative estimate of drug-likeness (QED) is 0.866. The van der Waals surface area contributed by atoms with Crippen LogP contribution in [0, 0.1) is 0 Å². The van der Waals surface area contributed by atoms with Crippen molar-refractivity contribution in [2.45, 2.75) is 32.0 Å². The zero-order chi connectivity index (χ0) is 16.5. The zero-order valence-electron chi connectivity index (χ0n) is 11.8. The molecule has 2 rings (SSSR count). The van der Waals surface area contributed by atoms with Gasteiger partial charge in [0.2, 0.25) is 5.96 Å². The summed E-state index contributed by atoms with van der Waals surface area (Å²) in [5.74, 6) is -1.70. The number of halogens is 3. The van der Waals surface area contributed by atoms with E-state index >= 15 is 0 Å². The lowest BCUT2D eigenvalue weighted by molar-refractivity contribution is -0.138. The number of hydrogen-bond donors (Lipinski definition) is 2. The van der Waals surface area contributed by atoms with Crippen LogP contribution in [-0.2, 0) is 11.0 Å². The van der Waals surface area contributed by atoms with Crippen molar-refractivity contribution >= 4 is 17.8 Å². The van der Waals surface area contributed by atoms with Gasteiger partial charge in [-0.05, 0) is 19.4 Å².